The van der Waals surface area contributed by atoms with Gasteiger partial charge in [0.05, 0.1) is 0 Å². The minimum absolute atomic E-state index is 0.643. The maximum atomic E-state index is 3.55. The molecule has 0 aromatic heterocycles. The molecule has 0 spiro atoms. The summed E-state index contributed by atoms with van der Waals surface area (Å²) in [6, 6.07) is 0.676. The largest absolute Gasteiger partial charge is 0.313 e. The number of nitrogens with one attached hydrogen (secondary N) is 1. The van der Waals surface area contributed by atoms with Gasteiger partial charge in [0.1, 0.15) is 0 Å². The summed E-state index contributed by atoms with van der Waals surface area (Å²) in [6.45, 7) is 7.35. The maximum Gasteiger partial charge on any atom is 0.0285 e. The van der Waals surface area contributed by atoms with E-state index in [2.05, 4.69) is 35.2 Å². The SMILES string of the molecule is CSC1(CN2CCCNC(C)C2)CC1. The Kier molecular flexibility index (Phi) is 3.40. The lowest BCUT2D eigenvalue weighted by Gasteiger charge is -2.26. The van der Waals surface area contributed by atoms with Crippen LogP contribution in [0.2, 0.25) is 0 Å². The molecule has 0 radical (unpaired) electrons. The zero-order valence-corrected chi connectivity index (χ0v) is 10.2. The zero-order chi connectivity index (χ0) is 10.0. The Morgan fingerprint density at radius 2 is 2.29 bits per heavy atom. The highest BCUT2D eigenvalue weighted by atomic mass is 32.2. The normalized spacial score (nSPS) is 32.6. The molecule has 1 unspecified atom stereocenters. The second-order valence-electron chi connectivity index (χ2n) is 4.83. The summed E-state index contributed by atoms with van der Waals surface area (Å²) >= 11 is 2.08. The third kappa shape index (κ3) is 2.65. The van der Waals surface area contributed by atoms with Gasteiger partial charge in [0.25, 0.3) is 0 Å². The van der Waals surface area contributed by atoms with Gasteiger partial charge in [-0.05, 0) is 45.5 Å². The maximum absolute atomic E-state index is 3.55. The molecule has 1 aliphatic carbocycles. The molecule has 0 amide bonds. The Balaban J connectivity index is 1.83. The van der Waals surface area contributed by atoms with Gasteiger partial charge in [-0.25, -0.2) is 0 Å². The van der Waals surface area contributed by atoms with Crippen LogP contribution in [0.25, 0.3) is 0 Å². The van der Waals surface area contributed by atoms with Crippen molar-refractivity contribution >= 4 is 11.8 Å². The van der Waals surface area contributed by atoms with Crippen molar-refractivity contribution in [1.82, 2.24) is 10.2 Å². The highest BCUT2D eigenvalue weighted by Gasteiger charge is 2.43. The first-order valence-electron chi connectivity index (χ1n) is 5.75. The van der Waals surface area contributed by atoms with Crippen LogP contribution in [0.1, 0.15) is 26.2 Å². The number of hydrogen-bond acceptors (Lipinski definition) is 3. The second kappa shape index (κ2) is 4.42. The van der Waals surface area contributed by atoms with Crippen molar-refractivity contribution in [1.29, 1.82) is 0 Å². The van der Waals surface area contributed by atoms with Gasteiger partial charge in [-0.3, -0.25) is 0 Å². The van der Waals surface area contributed by atoms with Gasteiger partial charge in [0.2, 0.25) is 0 Å². The molecule has 0 aromatic carbocycles. The fraction of sp³-hybridized carbons (Fsp3) is 1.00. The Hall–Kier alpha value is 0.270. The van der Waals surface area contributed by atoms with E-state index in [9.17, 15) is 0 Å². The fourth-order valence-corrected chi connectivity index (χ4v) is 3.13. The predicted molar refractivity (Wildman–Crippen MR) is 64.0 cm³/mol. The minimum atomic E-state index is 0.643. The summed E-state index contributed by atoms with van der Waals surface area (Å²) in [5, 5.41) is 3.55. The molecule has 1 saturated carbocycles. The van der Waals surface area contributed by atoms with Crippen molar-refractivity contribution in [2.45, 2.75) is 37.0 Å². The fourth-order valence-electron chi connectivity index (χ4n) is 2.31. The lowest BCUT2D eigenvalue weighted by molar-refractivity contribution is 0.270. The molecule has 82 valence electrons. The van der Waals surface area contributed by atoms with Crippen LogP contribution in [0.5, 0.6) is 0 Å². The molecule has 3 heteroatoms. The van der Waals surface area contributed by atoms with Crippen LogP contribution in [0.4, 0.5) is 0 Å². The van der Waals surface area contributed by atoms with E-state index in [0.717, 1.165) is 0 Å². The van der Waals surface area contributed by atoms with E-state index < -0.39 is 0 Å². The molecule has 14 heavy (non-hydrogen) atoms. The molecule has 2 nitrogen and oxygen atoms in total. The zero-order valence-electron chi connectivity index (χ0n) is 9.38. The van der Waals surface area contributed by atoms with Crippen molar-refractivity contribution < 1.29 is 0 Å². The molecule has 1 saturated heterocycles. The predicted octanol–water partition coefficient (Wildman–Crippen LogP) is 1.57. The highest BCUT2D eigenvalue weighted by Crippen LogP contribution is 2.47. The first-order chi connectivity index (χ1) is 6.74. The lowest BCUT2D eigenvalue weighted by atomic mass is 10.3. The van der Waals surface area contributed by atoms with Gasteiger partial charge in [-0.15, -0.1) is 0 Å². The van der Waals surface area contributed by atoms with E-state index in [0.29, 0.717) is 10.8 Å². The number of hydrogen-bond donors (Lipinski definition) is 1. The van der Waals surface area contributed by atoms with Crippen LogP contribution >= 0.6 is 11.8 Å². The number of thioether (sulfide) groups is 1. The molecule has 1 atom stereocenters. The van der Waals surface area contributed by atoms with Gasteiger partial charge < -0.3 is 10.2 Å². The molecular formula is C11H22N2S. The topological polar surface area (TPSA) is 15.3 Å². The number of rotatable bonds is 3. The molecular weight excluding hydrogens is 192 g/mol. The van der Waals surface area contributed by atoms with E-state index in [1.165, 1.54) is 45.4 Å². The van der Waals surface area contributed by atoms with Gasteiger partial charge >= 0.3 is 0 Å². The quantitative estimate of drug-likeness (QED) is 0.768. The van der Waals surface area contributed by atoms with E-state index in [1.54, 1.807) is 0 Å². The first kappa shape index (κ1) is 10.8. The van der Waals surface area contributed by atoms with Crippen molar-refractivity contribution in [3.63, 3.8) is 0 Å². The van der Waals surface area contributed by atoms with Crippen LogP contribution in [0.15, 0.2) is 0 Å². The second-order valence-corrected chi connectivity index (χ2v) is 6.11. The van der Waals surface area contributed by atoms with Crippen molar-refractivity contribution in [2.24, 2.45) is 0 Å². The summed E-state index contributed by atoms with van der Waals surface area (Å²) in [4.78, 5) is 2.66. The van der Waals surface area contributed by atoms with E-state index in [-0.39, 0.29) is 0 Å². The minimum Gasteiger partial charge on any atom is -0.313 e. The van der Waals surface area contributed by atoms with Gasteiger partial charge in [-0.1, -0.05) is 0 Å². The average Bonchev–Trinajstić information content (AvgIpc) is 2.94. The standard InChI is InChI=1S/C11H22N2S/c1-10-8-13(7-3-6-12-10)9-11(14-2)4-5-11/h10,12H,3-9H2,1-2H3. The molecule has 2 fully saturated rings. The molecule has 1 heterocycles. The third-order valence-corrected chi connectivity index (χ3v) is 4.83. The van der Waals surface area contributed by atoms with E-state index >= 15 is 0 Å². The summed E-state index contributed by atoms with van der Waals surface area (Å²) in [7, 11) is 0. The molecule has 2 rings (SSSR count). The van der Waals surface area contributed by atoms with Crippen LogP contribution in [-0.4, -0.2) is 48.1 Å². The molecule has 2 aliphatic rings. The monoisotopic (exact) mass is 214 g/mol. The Bertz CT molecular complexity index is 192. The van der Waals surface area contributed by atoms with Crippen LogP contribution in [0, 0.1) is 0 Å². The lowest BCUT2D eigenvalue weighted by Crippen LogP contribution is -2.39. The van der Waals surface area contributed by atoms with Crippen LogP contribution in [-0.2, 0) is 0 Å². The third-order valence-electron chi connectivity index (χ3n) is 3.43. The van der Waals surface area contributed by atoms with Crippen LogP contribution in [0.3, 0.4) is 0 Å². The Labute approximate surface area is 91.8 Å². The summed E-state index contributed by atoms with van der Waals surface area (Å²) in [5.41, 5.74) is 0. The Morgan fingerprint density at radius 1 is 1.50 bits per heavy atom. The smallest absolute Gasteiger partial charge is 0.0285 e. The first-order valence-corrected chi connectivity index (χ1v) is 6.97. The van der Waals surface area contributed by atoms with Gasteiger partial charge in [-0.2, -0.15) is 11.8 Å². The molecule has 0 bridgehead atoms. The van der Waals surface area contributed by atoms with Crippen molar-refractivity contribution in [3.05, 3.63) is 0 Å². The number of nitrogens with zero attached hydrogens (tertiary/aromatic N) is 1. The van der Waals surface area contributed by atoms with Crippen molar-refractivity contribution in [3.8, 4) is 0 Å². The van der Waals surface area contributed by atoms with Gasteiger partial charge in [0, 0.05) is 23.9 Å². The van der Waals surface area contributed by atoms with Crippen molar-refractivity contribution in [2.75, 3.05) is 32.4 Å². The van der Waals surface area contributed by atoms with E-state index in [1.807, 2.05) is 0 Å². The Morgan fingerprint density at radius 3 is 2.93 bits per heavy atom. The van der Waals surface area contributed by atoms with Crippen LogP contribution < -0.4 is 5.32 Å². The molecule has 1 N–H and O–H groups in total. The summed E-state index contributed by atoms with van der Waals surface area (Å²) in [6.07, 6.45) is 6.46. The molecule has 0 aromatic rings. The highest BCUT2D eigenvalue weighted by molar-refractivity contribution is 8.00. The summed E-state index contributed by atoms with van der Waals surface area (Å²) in [5.74, 6) is 0. The summed E-state index contributed by atoms with van der Waals surface area (Å²) < 4.78 is 0.643. The van der Waals surface area contributed by atoms with E-state index in [4.69, 9.17) is 0 Å². The average molecular weight is 214 g/mol. The molecule has 1 aliphatic heterocycles. The van der Waals surface area contributed by atoms with Gasteiger partial charge in [0.15, 0.2) is 0 Å².